The van der Waals surface area contributed by atoms with Crippen molar-refractivity contribution in [1.29, 1.82) is 0 Å². The van der Waals surface area contributed by atoms with Gasteiger partial charge in [0, 0.05) is 44.9 Å². The number of ketones is 1. The molecule has 0 radical (unpaired) electrons. The highest BCUT2D eigenvalue weighted by molar-refractivity contribution is 6.09. The summed E-state index contributed by atoms with van der Waals surface area (Å²) in [5, 5.41) is 1.11. The lowest BCUT2D eigenvalue weighted by atomic mass is 9.99. The van der Waals surface area contributed by atoms with Crippen molar-refractivity contribution in [1.82, 2.24) is 15.0 Å². The van der Waals surface area contributed by atoms with Crippen LogP contribution in [0.2, 0.25) is 0 Å². The molecule has 0 aliphatic heterocycles. The van der Waals surface area contributed by atoms with Gasteiger partial charge in [0.2, 0.25) is 0 Å². The molecule has 0 aliphatic rings. The van der Waals surface area contributed by atoms with Crippen LogP contribution in [0.15, 0.2) is 115 Å². The predicted octanol–water partition coefficient (Wildman–Crippen LogP) is 7.12. The summed E-state index contributed by atoms with van der Waals surface area (Å²) in [5.41, 5.74) is 7.05. The average Bonchev–Trinajstić information content (AvgIpc) is 3.54. The maximum absolute atomic E-state index is 13.1. The van der Waals surface area contributed by atoms with Crippen LogP contribution in [0.1, 0.15) is 15.9 Å². The number of H-pyrrole nitrogens is 2. The summed E-state index contributed by atoms with van der Waals surface area (Å²) in [5.74, 6) is 0.780. The third-order valence-corrected chi connectivity index (χ3v) is 6.04. The van der Waals surface area contributed by atoms with Crippen LogP contribution in [0.3, 0.4) is 0 Å². The Morgan fingerprint density at radius 1 is 0.676 bits per heavy atom. The van der Waals surface area contributed by atoms with E-state index in [0.717, 1.165) is 44.8 Å². The summed E-state index contributed by atoms with van der Waals surface area (Å²) >= 11 is 0. The number of benzene rings is 4. The smallest absolute Gasteiger partial charge is 0.193 e. The Bertz CT molecular complexity index is 1610. The van der Waals surface area contributed by atoms with E-state index in [1.54, 1.807) is 0 Å². The number of fused-ring (bicyclic) bond motifs is 1. The number of carbonyl (C=O) groups excluding carboxylic acids is 1. The molecule has 4 heteroatoms. The van der Waals surface area contributed by atoms with Gasteiger partial charge in [-0.1, -0.05) is 97.1 Å². The van der Waals surface area contributed by atoms with Gasteiger partial charge in [-0.2, -0.15) is 0 Å². The zero-order valence-electron chi connectivity index (χ0n) is 18.3. The summed E-state index contributed by atoms with van der Waals surface area (Å²) in [4.78, 5) is 25.0. The topological polar surface area (TPSA) is 61.5 Å². The molecule has 0 unspecified atom stereocenters. The van der Waals surface area contributed by atoms with Gasteiger partial charge in [-0.25, -0.2) is 4.98 Å². The maximum Gasteiger partial charge on any atom is 0.193 e. The molecule has 2 N–H and O–H groups in total. The van der Waals surface area contributed by atoms with Gasteiger partial charge in [-0.3, -0.25) is 4.79 Å². The van der Waals surface area contributed by atoms with Crippen molar-refractivity contribution in [2.45, 2.75) is 0 Å². The van der Waals surface area contributed by atoms with Crippen LogP contribution < -0.4 is 0 Å². The monoisotopic (exact) mass is 439 g/mol. The molecule has 0 aliphatic carbocycles. The fraction of sp³-hybridized carbons (Fsp3) is 0. The minimum atomic E-state index is -0.00361. The predicted molar refractivity (Wildman–Crippen MR) is 137 cm³/mol. The Labute approximate surface area is 197 Å². The van der Waals surface area contributed by atoms with E-state index in [1.165, 1.54) is 0 Å². The molecule has 2 aromatic heterocycles. The quantitative estimate of drug-likeness (QED) is 0.281. The largest absolute Gasteiger partial charge is 0.360 e. The van der Waals surface area contributed by atoms with E-state index in [0.29, 0.717) is 11.1 Å². The highest BCUT2D eigenvalue weighted by Crippen LogP contribution is 2.35. The fourth-order valence-electron chi connectivity index (χ4n) is 4.35. The standard InChI is InChI=1S/C30H21N3O/c34-29(21-12-5-2-6-13-21)23-15-9-14-22(18-23)28-27(20-10-3-1-4-11-20)32-30(33-28)25-19-31-26-17-8-7-16-24(25)26/h1-19,31H,(H,32,33). The summed E-state index contributed by atoms with van der Waals surface area (Å²) in [7, 11) is 0. The van der Waals surface area contributed by atoms with Crippen molar-refractivity contribution in [3.05, 3.63) is 127 Å². The molecule has 0 atom stereocenters. The number of para-hydroxylation sites is 1. The average molecular weight is 440 g/mol. The molecule has 6 rings (SSSR count). The Morgan fingerprint density at radius 2 is 1.35 bits per heavy atom. The Hall–Kier alpha value is -4.70. The van der Waals surface area contributed by atoms with Gasteiger partial charge >= 0.3 is 0 Å². The third kappa shape index (κ3) is 3.51. The molecule has 4 aromatic carbocycles. The maximum atomic E-state index is 13.1. The van der Waals surface area contributed by atoms with Crippen molar-refractivity contribution < 1.29 is 4.79 Å². The summed E-state index contributed by atoms with van der Waals surface area (Å²) < 4.78 is 0. The zero-order valence-corrected chi connectivity index (χ0v) is 18.3. The normalized spacial score (nSPS) is 11.1. The Balaban J connectivity index is 1.50. The second-order valence-corrected chi connectivity index (χ2v) is 8.20. The molecule has 0 saturated carbocycles. The third-order valence-electron chi connectivity index (χ3n) is 6.04. The number of aromatic amines is 2. The molecule has 0 amide bonds. The van der Waals surface area contributed by atoms with Crippen LogP contribution in [0, 0.1) is 0 Å². The summed E-state index contributed by atoms with van der Waals surface area (Å²) in [6, 6.07) is 35.4. The van der Waals surface area contributed by atoms with Crippen LogP contribution in [-0.2, 0) is 0 Å². The van der Waals surface area contributed by atoms with E-state index in [4.69, 9.17) is 4.98 Å². The number of carbonyl (C=O) groups is 1. The molecule has 162 valence electrons. The van der Waals surface area contributed by atoms with Gasteiger partial charge in [0.05, 0.1) is 11.4 Å². The molecular weight excluding hydrogens is 418 g/mol. The van der Waals surface area contributed by atoms with Gasteiger partial charge in [-0.15, -0.1) is 0 Å². The van der Waals surface area contributed by atoms with E-state index in [-0.39, 0.29) is 5.78 Å². The zero-order chi connectivity index (χ0) is 22.9. The molecule has 6 aromatic rings. The second-order valence-electron chi connectivity index (χ2n) is 8.20. The number of imidazole rings is 1. The van der Waals surface area contributed by atoms with Crippen molar-refractivity contribution in [2.75, 3.05) is 0 Å². The number of nitrogens with zero attached hydrogens (tertiary/aromatic N) is 1. The van der Waals surface area contributed by atoms with E-state index in [2.05, 4.69) is 34.2 Å². The van der Waals surface area contributed by atoms with Crippen molar-refractivity contribution in [2.24, 2.45) is 0 Å². The Morgan fingerprint density at radius 3 is 2.18 bits per heavy atom. The summed E-state index contributed by atoms with van der Waals surface area (Å²) in [6.07, 6.45) is 1.98. The van der Waals surface area contributed by atoms with Gasteiger partial charge in [0.1, 0.15) is 5.82 Å². The molecule has 0 bridgehead atoms. The number of nitrogens with one attached hydrogen (secondary N) is 2. The van der Waals surface area contributed by atoms with Crippen molar-refractivity contribution >= 4 is 16.7 Å². The molecule has 2 heterocycles. The lowest BCUT2D eigenvalue weighted by Gasteiger charge is -2.06. The first-order valence-corrected chi connectivity index (χ1v) is 11.2. The highest BCUT2D eigenvalue weighted by Gasteiger charge is 2.18. The molecular formula is C30H21N3O. The number of rotatable bonds is 5. The van der Waals surface area contributed by atoms with Crippen LogP contribution in [-0.4, -0.2) is 20.7 Å². The first-order valence-electron chi connectivity index (χ1n) is 11.2. The lowest BCUT2D eigenvalue weighted by molar-refractivity contribution is 0.103. The van der Waals surface area contributed by atoms with Gasteiger partial charge in [0.25, 0.3) is 0 Å². The minimum absolute atomic E-state index is 0.00361. The minimum Gasteiger partial charge on any atom is -0.360 e. The first kappa shape index (κ1) is 19.9. The van der Waals surface area contributed by atoms with Gasteiger partial charge in [-0.05, 0) is 12.1 Å². The van der Waals surface area contributed by atoms with Crippen molar-refractivity contribution in [3.8, 4) is 33.9 Å². The van der Waals surface area contributed by atoms with Crippen LogP contribution in [0.5, 0.6) is 0 Å². The lowest BCUT2D eigenvalue weighted by Crippen LogP contribution is -2.01. The van der Waals surface area contributed by atoms with E-state index in [1.807, 2.05) is 91.1 Å². The van der Waals surface area contributed by atoms with Crippen LogP contribution >= 0.6 is 0 Å². The van der Waals surface area contributed by atoms with E-state index in [9.17, 15) is 4.79 Å². The Kier molecular flexibility index (Phi) is 4.89. The van der Waals surface area contributed by atoms with Crippen molar-refractivity contribution in [3.63, 3.8) is 0 Å². The SMILES string of the molecule is O=C(c1ccccc1)c1cccc(-c2nc(-c3c[nH]c4ccccc34)[nH]c2-c2ccccc2)c1. The van der Waals surface area contributed by atoms with E-state index < -0.39 is 0 Å². The van der Waals surface area contributed by atoms with Crippen LogP contribution in [0.25, 0.3) is 44.8 Å². The number of hydrogen-bond acceptors (Lipinski definition) is 2. The van der Waals surface area contributed by atoms with E-state index >= 15 is 0 Å². The molecule has 4 nitrogen and oxygen atoms in total. The molecule has 0 spiro atoms. The molecule has 0 saturated heterocycles. The van der Waals surface area contributed by atoms with Crippen LogP contribution in [0.4, 0.5) is 0 Å². The number of hydrogen-bond donors (Lipinski definition) is 2. The highest BCUT2D eigenvalue weighted by atomic mass is 16.1. The molecule has 0 fully saturated rings. The van der Waals surface area contributed by atoms with Gasteiger partial charge < -0.3 is 9.97 Å². The summed E-state index contributed by atoms with van der Waals surface area (Å²) in [6.45, 7) is 0. The second kappa shape index (κ2) is 8.34. The first-order chi connectivity index (χ1) is 16.8. The van der Waals surface area contributed by atoms with Gasteiger partial charge in [0.15, 0.2) is 5.78 Å². The molecule has 34 heavy (non-hydrogen) atoms. The fourth-order valence-corrected chi connectivity index (χ4v) is 4.35. The number of aromatic nitrogens is 3.